The molecule has 1 unspecified atom stereocenters. The molecule has 0 spiro atoms. The van der Waals surface area contributed by atoms with Crippen LogP contribution in [-0.4, -0.2) is 60.5 Å². The van der Waals surface area contributed by atoms with Crippen LogP contribution in [0.1, 0.15) is 28.6 Å². The van der Waals surface area contributed by atoms with Crippen LogP contribution >= 0.6 is 0 Å². The summed E-state index contributed by atoms with van der Waals surface area (Å²) in [5, 5.41) is 11.3. The zero-order chi connectivity index (χ0) is 20.8. The van der Waals surface area contributed by atoms with Crippen molar-refractivity contribution in [2.24, 2.45) is 12.0 Å². The molecule has 0 saturated carbocycles. The monoisotopic (exact) mass is 402 g/mol. The van der Waals surface area contributed by atoms with Gasteiger partial charge >= 0.3 is 0 Å². The lowest BCUT2D eigenvalue weighted by Crippen LogP contribution is -2.46. The van der Waals surface area contributed by atoms with Crippen LogP contribution in [-0.2, 0) is 18.3 Å². The number of aromatic nitrogens is 2. The lowest BCUT2D eigenvalue weighted by Gasteiger charge is -2.35. The molecule has 0 amide bonds. The molecule has 7 nitrogen and oxygen atoms in total. The quantitative estimate of drug-likeness (QED) is 0.571. The first-order valence-corrected chi connectivity index (χ1v) is 10.0. The molecule has 1 aliphatic heterocycles. The van der Waals surface area contributed by atoms with E-state index in [1.165, 1.54) is 17.7 Å². The lowest BCUT2D eigenvalue weighted by atomic mass is 10.0. The maximum Gasteiger partial charge on any atom is 0.191 e. The minimum absolute atomic E-state index is 0.111. The van der Waals surface area contributed by atoms with E-state index >= 15 is 0 Å². The van der Waals surface area contributed by atoms with Crippen LogP contribution in [0.2, 0.25) is 0 Å². The molecule has 29 heavy (non-hydrogen) atoms. The number of nitrogens with zero attached hydrogens (tertiary/aromatic N) is 4. The number of morpholine rings is 1. The molecule has 8 heteroatoms. The summed E-state index contributed by atoms with van der Waals surface area (Å²) in [5.74, 6) is 0.509. The molecule has 2 heterocycles. The van der Waals surface area contributed by atoms with Gasteiger partial charge < -0.3 is 15.4 Å². The van der Waals surface area contributed by atoms with E-state index in [4.69, 9.17) is 4.74 Å². The Morgan fingerprint density at radius 2 is 1.90 bits per heavy atom. The van der Waals surface area contributed by atoms with Crippen molar-refractivity contribution in [2.75, 3.05) is 39.9 Å². The summed E-state index contributed by atoms with van der Waals surface area (Å²) < 4.78 is 20.8. The first kappa shape index (κ1) is 21.3. The smallest absolute Gasteiger partial charge is 0.191 e. The SMILES string of the molecule is CN=C(NCc1c(C)nn(C)c1C)NCC(c1ccc(F)cc1)N1CCOCC1. The van der Waals surface area contributed by atoms with Gasteiger partial charge in [-0.1, -0.05) is 12.1 Å². The standard InChI is InChI=1S/C21H31FN6O/c1-15-19(16(2)27(4)26-15)13-24-21(23-3)25-14-20(28-9-11-29-12-10-28)17-5-7-18(22)8-6-17/h5-8,20H,9-14H2,1-4H3,(H2,23,24,25). The summed E-state index contributed by atoms with van der Waals surface area (Å²) in [7, 11) is 3.72. The predicted molar refractivity (Wildman–Crippen MR) is 112 cm³/mol. The minimum Gasteiger partial charge on any atom is -0.379 e. The fourth-order valence-electron chi connectivity index (χ4n) is 3.69. The third kappa shape index (κ3) is 5.33. The molecule has 1 aromatic carbocycles. The van der Waals surface area contributed by atoms with E-state index in [1.54, 1.807) is 7.05 Å². The number of aryl methyl sites for hydroxylation is 2. The van der Waals surface area contributed by atoms with Crippen molar-refractivity contribution < 1.29 is 9.13 Å². The number of hydrogen-bond donors (Lipinski definition) is 2. The van der Waals surface area contributed by atoms with Gasteiger partial charge in [0, 0.05) is 51.5 Å². The van der Waals surface area contributed by atoms with Crippen molar-refractivity contribution in [1.82, 2.24) is 25.3 Å². The maximum atomic E-state index is 13.4. The van der Waals surface area contributed by atoms with E-state index in [1.807, 2.05) is 30.8 Å². The summed E-state index contributed by atoms with van der Waals surface area (Å²) >= 11 is 0. The molecule has 1 aromatic heterocycles. The molecule has 2 N–H and O–H groups in total. The molecule has 1 atom stereocenters. The van der Waals surface area contributed by atoms with Crippen molar-refractivity contribution in [2.45, 2.75) is 26.4 Å². The van der Waals surface area contributed by atoms with E-state index in [0.29, 0.717) is 26.3 Å². The highest BCUT2D eigenvalue weighted by atomic mass is 19.1. The number of guanidine groups is 1. The van der Waals surface area contributed by atoms with Gasteiger partial charge in [0.15, 0.2) is 5.96 Å². The highest BCUT2D eigenvalue weighted by molar-refractivity contribution is 5.79. The van der Waals surface area contributed by atoms with Crippen LogP contribution in [0.5, 0.6) is 0 Å². The van der Waals surface area contributed by atoms with Crippen LogP contribution in [0.3, 0.4) is 0 Å². The van der Waals surface area contributed by atoms with Gasteiger partial charge in [-0.3, -0.25) is 14.6 Å². The minimum atomic E-state index is -0.220. The third-order valence-corrected chi connectivity index (χ3v) is 5.52. The number of hydrogen-bond acceptors (Lipinski definition) is 4. The second-order valence-corrected chi connectivity index (χ2v) is 7.30. The predicted octanol–water partition coefficient (Wildman–Crippen LogP) is 1.91. The van der Waals surface area contributed by atoms with Crippen molar-refractivity contribution >= 4 is 5.96 Å². The van der Waals surface area contributed by atoms with Gasteiger partial charge in [0.05, 0.1) is 24.9 Å². The van der Waals surface area contributed by atoms with Gasteiger partial charge in [-0.15, -0.1) is 0 Å². The summed E-state index contributed by atoms with van der Waals surface area (Å²) in [6.07, 6.45) is 0. The van der Waals surface area contributed by atoms with Crippen LogP contribution in [0.25, 0.3) is 0 Å². The van der Waals surface area contributed by atoms with E-state index in [9.17, 15) is 4.39 Å². The lowest BCUT2D eigenvalue weighted by molar-refractivity contribution is 0.0170. The van der Waals surface area contributed by atoms with Gasteiger partial charge in [-0.05, 0) is 31.5 Å². The van der Waals surface area contributed by atoms with E-state index in [-0.39, 0.29) is 11.9 Å². The fraction of sp³-hybridized carbons (Fsp3) is 0.524. The number of benzene rings is 1. The zero-order valence-corrected chi connectivity index (χ0v) is 17.7. The van der Waals surface area contributed by atoms with Crippen LogP contribution in [0.15, 0.2) is 29.3 Å². The molecule has 0 radical (unpaired) electrons. The summed E-state index contributed by atoms with van der Waals surface area (Å²) in [6.45, 7) is 8.53. The van der Waals surface area contributed by atoms with Crippen LogP contribution in [0, 0.1) is 19.7 Å². The molecule has 0 aliphatic carbocycles. The largest absolute Gasteiger partial charge is 0.379 e. The van der Waals surface area contributed by atoms with Crippen LogP contribution in [0.4, 0.5) is 4.39 Å². The Morgan fingerprint density at radius 3 is 2.48 bits per heavy atom. The summed E-state index contributed by atoms with van der Waals surface area (Å²) in [4.78, 5) is 6.73. The van der Waals surface area contributed by atoms with Crippen molar-refractivity contribution in [1.29, 1.82) is 0 Å². The molecular formula is C21H31FN6O. The normalized spacial score (nSPS) is 16.7. The van der Waals surface area contributed by atoms with Crippen molar-refractivity contribution in [3.8, 4) is 0 Å². The van der Waals surface area contributed by atoms with Gasteiger partial charge in [0.1, 0.15) is 5.82 Å². The van der Waals surface area contributed by atoms with Crippen LogP contribution < -0.4 is 10.6 Å². The number of ether oxygens (including phenoxy) is 1. The first-order valence-electron chi connectivity index (χ1n) is 10.0. The number of halogens is 1. The molecule has 1 aliphatic rings. The second-order valence-electron chi connectivity index (χ2n) is 7.30. The number of aliphatic imine (C=N–C) groups is 1. The number of nitrogens with one attached hydrogen (secondary N) is 2. The summed E-state index contributed by atoms with van der Waals surface area (Å²) in [5.41, 5.74) is 4.42. The Kier molecular flexibility index (Phi) is 7.22. The zero-order valence-electron chi connectivity index (χ0n) is 17.7. The van der Waals surface area contributed by atoms with E-state index in [0.717, 1.165) is 36.0 Å². The molecule has 1 saturated heterocycles. The average molecular weight is 403 g/mol. The third-order valence-electron chi connectivity index (χ3n) is 5.52. The summed E-state index contributed by atoms with van der Waals surface area (Å²) in [6, 6.07) is 6.86. The van der Waals surface area contributed by atoms with Crippen molar-refractivity contribution in [3.05, 3.63) is 52.6 Å². The highest BCUT2D eigenvalue weighted by Gasteiger charge is 2.23. The molecule has 1 fully saturated rings. The Balaban J connectivity index is 1.65. The second kappa shape index (κ2) is 9.84. The van der Waals surface area contributed by atoms with Crippen molar-refractivity contribution in [3.63, 3.8) is 0 Å². The first-order chi connectivity index (χ1) is 14.0. The molecular weight excluding hydrogens is 371 g/mol. The van der Waals surface area contributed by atoms with Gasteiger partial charge in [0.2, 0.25) is 0 Å². The Labute approximate surface area is 172 Å². The topological polar surface area (TPSA) is 66.7 Å². The average Bonchev–Trinajstić information content (AvgIpc) is 2.98. The maximum absolute atomic E-state index is 13.4. The Hall–Kier alpha value is -2.45. The highest BCUT2D eigenvalue weighted by Crippen LogP contribution is 2.21. The molecule has 2 aromatic rings. The Morgan fingerprint density at radius 1 is 1.21 bits per heavy atom. The van der Waals surface area contributed by atoms with E-state index < -0.39 is 0 Å². The molecule has 158 valence electrons. The molecule has 0 bridgehead atoms. The van der Waals surface area contributed by atoms with E-state index in [2.05, 4.69) is 32.5 Å². The van der Waals surface area contributed by atoms with Gasteiger partial charge in [-0.25, -0.2) is 4.39 Å². The number of rotatable bonds is 6. The Bertz CT molecular complexity index is 826. The van der Waals surface area contributed by atoms with Gasteiger partial charge in [-0.2, -0.15) is 5.10 Å². The molecule has 3 rings (SSSR count). The van der Waals surface area contributed by atoms with Gasteiger partial charge in [0.25, 0.3) is 0 Å². The fourth-order valence-corrected chi connectivity index (χ4v) is 3.69.